The number of hydrogen-bond acceptors (Lipinski definition) is 3. The number of anilines is 1. The molecule has 4 N–H and O–H groups in total. The summed E-state index contributed by atoms with van der Waals surface area (Å²) in [5.74, 6) is -2.80. The third kappa shape index (κ3) is 1.68. The Kier molecular flexibility index (Phi) is 2.47. The van der Waals surface area contributed by atoms with Gasteiger partial charge in [-0.3, -0.25) is 0 Å². The van der Waals surface area contributed by atoms with Gasteiger partial charge in [0, 0.05) is 11.3 Å². The third-order valence-electron chi connectivity index (χ3n) is 1.76. The van der Waals surface area contributed by atoms with Crippen molar-refractivity contribution in [3.8, 4) is 0 Å². The van der Waals surface area contributed by atoms with Crippen molar-refractivity contribution in [2.75, 3.05) is 5.73 Å². The van der Waals surface area contributed by atoms with Crippen LogP contribution in [0.1, 0.15) is 5.56 Å². The largest absolute Gasteiger partial charge is 0.398 e. The molecule has 0 aliphatic carbocycles. The Labute approximate surface area is 79.6 Å². The first-order chi connectivity index (χ1) is 6.25. The van der Waals surface area contributed by atoms with E-state index in [0.717, 1.165) is 6.07 Å². The molecule has 0 aliphatic heterocycles. The van der Waals surface area contributed by atoms with Crippen molar-refractivity contribution in [3.63, 3.8) is 0 Å². The van der Waals surface area contributed by atoms with Crippen LogP contribution >= 0.6 is 0 Å². The maximum absolute atomic E-state index is 13.0. The van der Waals surface area contributed by atoms with Crippen molar-refractivity contribution in [1.82, 2.24) is 0 Å². The summed E-state index contributed by atoms with van der Waals surface area (Å²) in [7, 11) is -4.29. The number of nitrogens with two attached hydrogens (primary N) is 2. The Morgan fingerprint density at radius 3 is 2.21 bits per heavy atom. The molecule has 0 saturated heterocycles. The van der Waals surface area contributed by atoms with Crippen LogP contribution in [0, 0.1) is 18.6 Å². The molecule has 0 spiro atoms. The predicted molar refractivity (Wildman–Crippen MR) is 46.9 cm³/mol. The van der Waals surface area contributed by atoms with Crippen LogP contribution in [0.15, 0.2) is 11.0 Å². The number of rotatable bonds is 1. The van der Waals surface area contributed by atoms with Crippen LogP contribution in [0.4, 0.5) is 14.5 Å². The van der Waals surface area contributed by atoms with E-state index in [2.05, 4.69) is 5.14 Å². The second-order valence-electron chi connectivity index (χ2n) is 2.76. The number of nitrogen functional groups attached to an aromatic ring is 1. The molecule has 78 valence electrons. The van der Waals surface area contributed by atoms with E-state index in [1.54, 1.807) is 0 Å². The first-order valence-electron chi connectivity index (χ1n) is 3.52. The highest BCUT2D eigenvalue weighted by Gasteiger charge is 2.21. The van der Waals surface area contributed by atoms with E-state index in [0.29, 0.717) is 0 Å². The lowest BCUT2D eigenvalue weighted by Gasteiger charge is -2.06. The fourth-order valence-corrected chi connectivity index (χ4v) is 1.55. The highest BCUT2D eigenvalue weighted by molar-refractivity contribution is 7.89. The molecule has 1 aromatic rings. The van der Waals surface area contributed by atoms with Gasteiger partial charge in [0.2, 0.25) is 10.0 Å². The Balaban J connectivity index is 3.66. The van der Waals surface area contributed by atoms with E-state index >= 15 is 0 Å². The Bertz CT molecular complexity index is 485. The number of halogens is 2. The topological polar surface area (TPSA) is 86.2 Å². The summed E-state index contributed by atoms with van der Waals surface area (Å²) in [5, 5.41) is 4.66. The minimum absolute atomic E-state index is 0.144. The molecule has 7 heteroatoms. The monoisotopic (exact) mass is 222 g/mol. The molecule has 0 amide bonds. The van der Waals surface area contributed by atoms with Crippen molar-refractivity contribution < 1.29 is 17.2 Å². The van der Waals surface area contributed by atoms with Gasteiger partial charge in [0.05, 0.1) is 0 Å². The Morgan fingerprint density at radius 1 is 1.29 bits per heavy atom. The lowest BCUT2D eigenvalue weighted by atomic mass is 10.2. The van der Waals surface area contributed by atoms with E-state index in [4.69, 9.17) is 5.73 Å². The predicted octanol–water partition coefficient (Wildman–Crippen LogP) is 0.503. The normalized spacial score (nSPS) is 11.7. The number of sulfonamides is 1. The van der Waals surface area contributed by atoms with Crippen LogP contribution in [0.3, 0.4) is 0 Å². The summed E-state index contributed by atoms with van der Waals surface area (Å²) in [5.41, 5.74) is 4.96. The third-order valence-corrected chi connectivity index (χ3v) is 2.67. The zero-order valence-corrected chi connectivity index (χ0v) is 8.03. The Morgan fingerprint density at radius 2 is 1.79 bits per heavy atom. The van der Waals surface area contributed by atoms with Gasteiger partial charge in [-0.1, -0.05) is 0 Å². The van der Waals surface area contributed by atoms with Gasteiger partial charge in [0.25, 0.3) is 0 Å². The van der Waals surface area contributed by atoms with E-state index in [1.165, 1.54) is 6.92 Å². The van der Waals surface area contributed by atoms with Crippen molar-refractivity contribution in [2.45, 2.75) is 11.8 Å². The molecule has 0 fully saturated rings. The molecule has 4 nitrogen and oxygen atoms in total. The van der Waals surface area contributed by atoms with Crippen molar-refractivity contribution >= 4 is 15.7 Å². The average molecular weight is 222 g/mol. The minimum atomic E-state index is -4.29. The molecule has 0 radical (unpaired) electrons. The molecule has 0 saturated carbocycles. The molecule has 1 rings (SSSR count). The number of benzene rings is 1. The average Bonchev–Trinajstić information content (AvgIpc) is 2.06. The minimum Gasteiger partial charge on any atom is -0.398 e. The zero-order chi connectivity index (χ0) is 11.1. The molecular formula is C7H8F2N2O2S. The summed E-state index contributed by atoms with van der Waals surface area (Å²) in [4.78, 5) is -0.932. The van der Waals surface area contributed by atoms with Crippen molar-refractivity contribution in [1.29, 1.82) is 0 Å². The first-order valence-corrected chi connectivity index (χ1v) is 5.06. The highest BCUT2D eigenvalue weighted by atomic mass is 32.2. The van der Waals surface area contributed by atoms with Crippen LogP contribution in [0.25, 0.3) is 0 Å². The maximum atomic E-state index is 13.0. The lowest BCUT2D eigenvalue weighted by molar-refractivity contribution is 0.481. The molecule has 0 aromatic heterocycles. The van der Waals surface area contributed by atoms with E-state index in [9.17, 15) is 17.2 Å². The van der Waals surface area contributed by atoms with Crippen LogP contribution in [0.2, 0.25) is 0 Å². The quantitative estimate of drug-likeness (QED) is 0.678. The molecule has 1 aromatic carbocycles. The maximum Gasteiger partial charge on any atom is 0.241 e. The molecule has 0 heterocycles. The molecule has 0 atom stereocenters. The van der Waals surface area contributed by atoms with Crippen LogP contribution in [-0.4, -0.2) is 8.42 Å². The summed E-state index contributed by atoms with van der Waals surface area (Å²) in [6.45, 7) is 1.24. The SMILES string of the molecule is Cc1c(N)cc(S(N)(=O)=O)c(F)c1F. The van der Waals surface area contributed by atoms with E-state index in [1.807, 2.05) is 0 Å². The second kappa shape index (κ2) is 3.18. The molecule has 14 heavy (non-hydrogen) atoms. The van der Waals surface area contributed by atoms with Gasteiger partial charge in [-0.25, -0.2) is 22.3 Å². The summed E-state index contributed by atoms with van der Waals surface area (Å²) >= 11 is 0. The zero-order valence-electron chi connectivity index (χ0n) is 7.21. The second-order valence-corrected chi connectivity index (χ2v) is 4.29. The number of hydrogen-bond donors (Lipinski definition) is 2. The van der Waals surface area contributed by atoms with Gasteiger partial charge < -0.3 is 5.73 Å². The summed E-state index contributed by atoms with van der Waals surface area (Å²) < 4.78 is 47.6. The molecule has 0 bridgehead atoms. The van der Waals surface area contributed by atoms with Crippen molar-refractivity contribution in [2.24, 2.45) is 5.14 Å². The summed E-state index contributed by atoms with van der Waals surface area (Å²) in [6.07, 6.45) is 0. The summed E-state index contributed by atoms with van der Waals surface area (Å²) in [6, 6.07) is 0.795. The fourth-order valence-electron chi connectivity index (χ4n) is 0.919. The highest BCUT2D eigenvalue weighted by Crippen LogP contribution is 2.24. The van der Waals surface area contributed by atoms with Crippen LogP contribution < -0.4 is 10.9 Å². The van der Waals surface area contributed by atoms with Gasteiger partial charge in [-0.15, -0.1) is 0 Å². The van der Waals surface area contributed by atoms with Crippen molar-refractivity contribution in [3.05, 3.63) is 23.3 Å². The van der Waals surface area contributed by atoms with Crippen LogP contribution in [0.5, 0.6) is 0 Å². The smallest absolute Gasteiger partial charge is 0.241 e. The number of primary sulfonamides is 1. The Hall–Kier alpha value is -1.21. The van der Waals surface area contributed by atoms with Gasteiger partial charge in [-0.2, -0.15) is 0 Å². The van der Waals surface area contributed by atoms with Gasteiger partial charge >= 0.3 is 0 Å². The van der Waals surface area contributed by atoms with Crippen LogP contribution in [-0.2, 0) is 10.0 Å². The van der Waals surface area contributed by atoms with Gasteiger partial charge in [-0.05, 0) is 13.0 Å². The molecule has 0 aliphatic rings. The standard InChI is InChI=1S/C7H8F2N2O2S/c1-3-4(10)2-5(14(11,12)13)7(9)6(3)8/h2H,10H2,1H3,(H2,11,12,13). The lowest BCUT2D eigenvalue weighted by Crippen LogP contribution is -2.16. The molecule has 0 unspecified atom stereocenters. The van der Waals surface area contributed by atoms with Gasteiger partial charge in [0.15, 0.2) is 11.6 Å². The fraction of sp³-hybridized carbons (Fsp3) is 0.143. The van der Waals surface area contributed by atoms with Gasteiger partial charge in [0.1, 0.15) is 4.90 Å². The van der Waals surface area contributed by atoms with E-state index in [-0.39, 0.29) is 11.3 Å². The first kappa shape index (κ1) is 10.9. The van der Waals surface area contributed by atoms with E-state index < -0.39 is 26.6 Å². The molecular weight excluding hydrogens is 214 g/mol.